The van der Waals surface area contributed by atoms with Crippen LogP contribution < -0.4 is 11.1 Å². The number of halogens is 4. The van der Waals surface area contributed by atoms with Crippen LogP contribution in [0.2, 0.25) is 5.02 Å². The van der Waals surface area contributed by atoms with Crippen LogP contribution >= 0.6 is 11.6 Å². The fraction of sp³-hybridized carbons (Fsp3) is 0.167. The molecule has 2 rings (SSSR count). The lowest BCUT2D eigenvalue weighted by Crippen LogP contribution is -2.07. The van der Waals surface area contributed by atoms with Crippen molar-refractivity contribution < 1.29 is 13.2 Å². The van der Waals surface area contributed by atoms with Crippen LogP contribution in [0.1, 0.15) is 11.1 Å². The minimum absolute atomic E-state index is 0.209. The minimum atomic E-state index is -4.52. The Morgan fingerprint density at radius 3 is 2.50 bits per heavy atom. The number of aryl methyl sites for hydroxylation is 1. The molecule has 20 heavy (non-hydrogen) atoms. The first kappa shape index (κ1) is 14.4. The first-order valence-corrected chi connectivity index (χ1v) is 5.89. The van der Waals surface area contributed by atoms with Crippen LogP contribution in [-0.2, 0) is 6.18 Å². The molecule has 4 nitrogen and oxygen atoms in total. The van der Waals surface area contributed by atoms with Gasteiger partial charge in [0.1, 0.15) is 5.82 Å². The smallest absolute Gasteiger partial charge is 0.382 e. The Morgan fingerprint density at radius 2 is 1.90 bits per heavy atom. The Labute approximate surface area is 117 Å². The van der Waals surface area contributed by atoms with Gasteiger partial charge in [0.2, 0.25) is 0 Å². The molecule has 1 aromatic heterocycles. The second-order valence-electron chi connectivity index (χ2n) is 4.12. The van der Waals surface area contributed by atoms with Crippen molar-refractivity contribution >= 4 is 28.9 Å². The van der Waals surface area contributed by atoms with Crippen molar-refractivity contribution in [2.45, 2.75) is 13.1 Å². The van der Waals surface area contributed by atoms with Gasteiger partial charge in [-0.15, -0.1) is 10.2 Å². The summed E-state index contributed by atoms with van der Waals surface area (Å²) in [5.41, 5.74) is 5.49. The molecule has 0 radical (unpaired) electrons. The van der Waals surface area contributed by atoms with Crippen LogP contribution in [0.15, 0.2) is 24.3 Å². The third-order valence-corrected chi connectivity index (χ3v) is 2.90. The first-order chi connectivity index (χ1) is 9.27. The third-order valence-electron chi connectivity index (χ3n) is 2.57. The van der Waals surface area contributed by atoms with E-state index in [0.717, 1.165) is 6.07 Å². The van der Waals surface area contributed by atoms with E-state index in [2.05, 4.69) is 15.5 Å². The van der Waals surface area contributed by atoms with Crippen molar-refractivity contribution in [1.29, 1.82) is 0 Å². The molecule has 8 heteroatoms. The van der Waals surface area contributed by atoms with Crippen molar-refractivity contribution in [2.24, 2.45) is 0 Å². The van der Waals surface area contributed by atoms with Crippen molar-refractivity contribution in [3.8, 4) is 0 Å². The van der Waals surface area contributed by atoms with Gasteiger partial charge in [-0.25, -0.2) is 0 Å². The zero-order valence-corrected chi connectivity index (χ0v) is 11.0. The summed E-state index contributed by atoms with van der Waals surface area (Å²) in [6.07, 6.45) is -4.52. The summed E-state index contributed by atoms with van der Waals surface area (Å²) in [7, 11) is 0. The fourth-order valence-electron chi connectivity index (χ4n) is 1.52. The number of aromatic nitrogens is 2. The SMILES string of the molecule is Cc1cc(Nc2ccc(Cl)c(C(F)(F)F)c2)nnc1N. The van der Waals surface area contributed by atoms with Crippen molar-refractivity contribution in [1.82, 2.24) is 10.2 Å². The average Bonchev–Trinajstić information content (AvgIpc) is 2.35. The number of alkyl halides is 3. The average molecular weight is 303 g/mol. The lowest BCUT2D eigenvalue weighted by molar-refractivity contribution is -0.137. The van der Waals surface area contributed by atoms with Crippen LogP contribution in [0.4, 0.5) is 30.5 Å². The van der Waals surface area contributed by atoms with Crippen LogP contribution in [0.25, 0.3) is 0 Å². The summed E-state index contributed by atoms with van der Waals surface area (Å²) in [6.45, 7) is 1.72. The quantitative estimate of drug-likeness (QED) is 0.886. The molecule has 106 valence electrons. The van der Waals surface area contributed by atoms with E-state index < -0.39 is 11.7 Å². The van der Waals surface area contributed by atoms with E-state index in [0.29, 0.717) is 11.4 Å². The Bertz CT molecular complexity index is 643. The maximum Gasteiger partial charge on any atom is 0.417 e. The van der Waals surface area contributed by atoms with E-state index in [1.807, 2.05) is 0 Å². The molecule has 0 unspecified atom stereocenters. The molecule has 0 saturated carbocycles. The van der Waals surface area contributed by atoms with E-state index in [9.17, 15) is 13.2 Å². The topological polar surface area (TPSA) is 63.8 Å². The van der Waals surface area contributed by atoms with Gasteiger partial charge in [0, 0.05) is 5.69 Å². The minimum Gasteiger partial charge on any atom is -0.382 e. The third kappa shape index (κ3) is 3.11. The first-order valence-electron chi connectivity index (χ1n) is 5.51. The van der Waals surface area contributed by atoms with Crippen LogP contribution in [0, 0.1) is 6.92 Å². The van der Waals surface area contributed by atoms with E-state index in [-0.39, 0.29) is 16.5 Å². The van der Waals surface area contributed by atoms with Gasteiger partial charge in [-0.05, 0) is 36.8 Å². The highest BCUT2D eigenvalue weighted by atomic mass is 35.5. The number of nitrogens with one attached hydrogen (secondary N) is 1. The molecular formula is C12H10ClF3N4. The van der Waals surface area contributed by atoms with Crippen LogP contribution in [0.5, 0.6) is 0 Å². The predicted molar refractivity (Wildman–Crippen MR) is 70.9 cm³/mol. The maximum absolute atomic E-state index is 12.7. The number of hydrogen-bond donors (Lipinski definition) is 2. The van der Waals surface area contributed by atoms with E-state index in [1.165, 1.54) is 12.1 Å². The molecule has 0 spiro atoms. The molecule has 0 bridgehead atoms. The number of nitrogens with zero attached hydrogens (tertiary/aromatic N) is 2. The number of hydrogen-bond acceptors (Lipinski definition) is 4. The van der Waals surface area contributed by atoms with Crippen LogP contribution in [0.3, 0.4) is 0 Å². The normalized spacial score (nSPS) is 11.4. The highest BCUT2D eigenvalue weighted by Crippen LogP contribution is 2.36. The Balaban J connectivity index is 2.32. The second kappa shape index (κ2) is 5.16. The standard InChI is InChI=1S/C12H10ClF3N4/c1-6-4-10(19-20-11(6)17)18-7-2-3-9(13)8(5-7)12(14,15)16/h2-5H,1H3,(H2,17,20)(H,18,19). The van der Waals surface area contributed by atoms with Crippen molar-refractivity contribution in [3.63, 3.8) is 0 Å². The molecule has 2 aromatic rings. The highest BCUT2D eigenvalue weighted by molar-refractivity contribution is 6.31. The van der Waals surface area contributed by atoms with Gasteiger partial charge < -0.3 is 11.1 Å². The molecule has 0 saturated heterocycles. The molecule has 1 aromatic carbocycles. The number of nitrogens with two attached hydrogens (primary N) is 1. The number of benzene rings is 1. The molecule has 1 heterocycles. The summed E-state index contributed by atoms with van der Waals surface area (Å²) in [6, 6.07) is 5.09. The van der Waals surface area contributed by atoms with Gasteiger partial charge in [-0.3, -0.25) is 0 Å². The monoisotopic (exact) mass is 302 g/mol. The van der Waals surface area contributed by atoms with Crippen LogP contribution in [-0.4, -0.2) is 10.2 Å². The van der Waals surface area contributed by atoms with Gasteiger partial charge in [0.05, 0.1) is 10.6 Å². The van der Waals surface area contributed by atoms with Gasteiger partial charge in [-0.1, -0.05) is 11.6 Å². The molecule has 0 fully saturated rings. The van der Waals surface area contributed by atoms with Crippen molar-refractivity contribution in [3.05, 3.63) is 40.4 Å². The predicted octanol–water partition coefficient (Wildman–Crippen LogP) is 3.78. The van der Waals surface area contributed by atoms with Gasteiger partial charge in [-0.2, -0.15) is 13.2 Å². The molecule has 0 aliphatic rings. The summed E-state index contributed by atoms with van der Waals surface area (Å²) in [5.74, 6) is 0.565. The lowest BCUT2D eigenvalue weighted by atomic mass is 10.2. The zero-order chi connectivity index (χ0) is 14.9. The Morgan fingerprint density at radius 1 is 1.20 bits per heavy atom. The van der Waals surface area contributed by atoms with E-state index in [1.54, 1.807) is 13.0 Å². The fourth-order valence-corrected chi connectivity index (χ4v) is 1.75. The van der Waals surface area contributed by atoms with Crippen molar-refractivity contribution in [2.75, 3.05) is 11.1 Å². The van der Waals surface area contributed by atoms with E-state index >= 15 is 0 Å². The summed E-state index contributed by atoms with van der Waals surface area (Å²) >= 11 is 5.54. The molecule has 3 N–H and O–H groups in total. The molecular weight excluding hydrogens is 293 g/mol. The largest absolute Gasteiger partial charge is 0.417 e. The van der Waals surface area contributed by atoms with Gasteiger partial charge in [0.25, 0.3) is 0 Å². The molecule has 0 aliphatic heterocycles. The zero-order valence-electron chi connectivity index (χ0n) is 10.3. The van der Waals surface area contributed by atoms with E-state index in [4.69, 9.17) is 17.3 Å². The maximum atomic E-state index is 12.7. The lowest BCUT2D eigenvalue weighted by Gasteiger charge is -2.12. The summed E-state index contributed by atoms with van der Waals surface area (Å²) in [5, 5.41) is 9.79. The Kier molecular flexibility index (Phi) is 3.71. The molecule has 0 atom stereocenters. The summed E-state index contributed by atoms with van der Waals surface area (Å²) < 4.78 is 38.2. The number of rotatable bonds is 2. The second-order valence-corrected chi connectivity index (χ2v) is 4.52. The summed E-state index contributed by atoms with van der Waals surface area (Å²) in [4.78, 5) is 0. The molecule has 0 aliphatic carbocycles. The Hall–Kier alpha value is -2.02. The van der Waals surface area contributed by atoms with Gasteiger partial charge in [0.15, 0.2) is 5.82 Å². The van der Waals surface area contributed by atoms with Gasteiger partial charge >= 0.3 is 6.18 Å². The molecule has 0 amide bonds. The number of nitrogen functional groups attached to an aromatic ring is 1. The number of anilines is 3. The highest BCUT2D eigenvalue weighted by Gasteiger charge is 2.33.